The van der Waals surface area contributed by atoms with Gasteiger partial charge in [-0.2, -0.15) is 0 Å². The van der Waals surface area contributed by atoms with Crippen LogP contribution in [0, 0.1) is 11.8 Å². The molecule has 3 aliphatic carbocycles. The Morgan fingerprint density at radius 3 is 2.45 bits per heavy atom. The van der Waals surface area contributed by atoms with Crippen LogP contribution in [0.25, 0.3) is 10.9 Å². The van der Waals surface area contributed by atoms with Crippen LogP contribution in [0.3, 0.4) is 0 Å². The van der Waals surface area contributed by atoms with Gasteiger partial charge in [-0.3, -0.25) is 0 Å². The van der Waals surface area contributed by atoms with Crippen LogP contribution in [0.1, 0.15) is 51.4 Å². The van der Waals surface area contributed by atoms with Gasteiger partial charge in [-0.05, 0) is 75.1 Å². The number of thiocarbonyl (C=S) groups is 1. The maximum atomic E-state index is 5.65. The number of fused-ring (bicyclic) bond motifs is 3. The SMILES string of the molecule is CN(C)c1cc(NC2CCC(NC(=S)NC3CC4CCC3C4)CC2)nc2ccccc12. The standard InChI is InChI=1S/C25H35N5S/c1-30(2)23-15-24(28-21-6-4-3-5-20(21)23)26-18-9-11-19(12-10-18)27-25(31)29-22-14-16-7-8-17(22)13-16/h3-6,15-19,22H,7-14H2,1-2H3,(H,26,28)(H2,27,29,31). The fourth-order valence-electron chi connectivity index (χ4n) is 6.01. The molecule has 3 N–H and O–H groups in total. The highest BCUT2D eigenvalue weighted by atomic mass is 32.1. The number of rotatable bonds is 5. The summed E-state index contributed by atoms with van der Waals surface area (Å²) in [5, 5.41) is 13.0. The molecule has 166 valence electrons. The van der Waals surface area contributed by atoms with Crippen LogP contribution in [0.4, 0.5) is 11.5 Å². The van der Waals surface area contributed by atoms with E-state index in [1.54, 1.807) is 0 Å². The van der Waals surface area contributed by atoms with E-state index in [9.17, 15) is 0 Å². The predicted molar refractivity (Wildman–Crippen MR) is 134 cm³/mol. The Morgan fingerprint density at radius 1 is 0.968 bits per heavy atom. The third kappa shape index (κ3) is 4.59. The van der Waals surface area contributed by atoms with E-state index in [0.29, 0.717) is 18.1 Å². The Morgan fingerprint density at radius 2 is 1.74 bits per heavy atom. The summed E-state index contributed by atoms with van der Waals surface area (Å²) in [5.41, 5.74) is 2.25. The lowest BCUT2D eigenvalue weighted by atomic mass is 9.91. The summed E-state index contributed by atoms with van der Waals surface area (Å²) in [7, 11) is 4.19. The number of nitrogens with one attached hydrogen (secondary N) is 3. The second-order valence-electron chi connectivity index (χ2n) is 10.0. The summed E-state index contributed by atoms with van der Waals surface area (Å²) in [6, 6.07) is 12.1. The van der Waals surface area contributed by atoms with Crippen molar-refractivity contribution in [2.24, 2.45) is 11.8 Å². The molecule has 1 aromatic carbocycles. The molecule has 3 fully saturated rings. The average molecular weight is 438 g/mol. The minimum Gasteiger partial charge on any atom is -0.377 e. The van der Waals surface area contributed by atoms with E-state index in [4.69, 9.17) is 17.2 Å². The minimum atomic E-state index is 0.467. The highest BCUT2D eigenvalue weighted by molar-refractivity contribution is 7.80. The number of anilines is 2. The Hall–Kier alpha value is -2.08. The van der Waals surface area contributed by atoms with Gasteiger partial charge in [0, 0.05) is 49.4 Å². The molecule has 0 amide bonds. The molecular weight excluding hydrogens is 402 g/mol. The first kappa shape index (κ1) is 20.8. The van der Waals surface area contributed by atoms with Crippen molar-refractivity contribution in [1.82, 2.24) is 15.6 Å². The summed E-state index contributed by atoms with van der Waals surface area (Å²) >= 11 is 5.65. The molecule has 1 aromatic heterocycles. The van der Waals surface area contributed by atoms with E-state index in [1.807, 2.05) is 0 Å². The van der Waals surface area contributed by atoms with Gasteiger partial charge in [0.15, 0.2) is 5.11 Å². The van der Waals surface area contributed by atoms with Crippen molar-refractivity contribution in [2.45, 2.75) is 69.5 Å². The first-order valence-corrected chi connectivity index (χ1v) is 12.4. The fraction of sp³-hybridized carbons (Fsp3) is 0.600. The molecule has 0 spiro atoms. The van der Waals surface area contributed by atoms with E-state index < -0.39 is 0 Å². The van der Waals surface area contributed by atoms with Gasteiger partial charge in [0.05, 0.1) is 5.52 Å². The van der Waals surface area contributed by atoms with E-state index in [2.05, 4.69) is 65.3 Å². The fourth-order valence-corrected chi connectivity index (χ4v) is 6.33. The van der Waals surface area contributed by atoms with Gasteiger partial charge >= 0.3 is 0 Å². The van der Waals surface area contributed by atoms with E-state index in [-0.39, 0.29) is 0 Å². The number of hydrogen-bond donors (Lipinski definition) is 3. The first-order chi connectivity index (χ1) is 15.0. The van der Waals surface area contributed by atoms with Crippen LogP contribution in [-0.2, 0) is 0 Å². The smallest absolute Gasteiger partial charge is 0.166 e. The number of benzene rings is 1. The molecule has 3 aliphatic rings. The maximum Gasteiger partial charge on any atom is 0.166 e. The molecule has 3 atom stereocenters. The van der Waals surface area contributed by atoms with Gasteiger partial charge < -0.3 is 20.9 Å². The van der Waals surface area contributed by atoms with Crippen molar-refractivity contribution in [2.75, 3.05) is 24.3 Å². The van der Waals surface area contributed by atoms with E-state index in [0.717, 1.165) is 54.0 Å². The van der Waals surface area contributed by atoms with Crippen LogP contribution in [0.5, 0.6) is 0 Å². The third-order valence-corrected chi connectivity index (χ3v) is 7.88. The topological polar surface area (TPSA) is 52.2 Å². The molecule has 0 saturated heterocycles. The molecule has 1 heterocycles. The largest absolute Gasteiger partial charge is 0.377 e. The number of para-hydroxylation sites is 1. The average Bonchev–Trinajstić information content (AvgIpc) is 3.37. The first-order valence-electron chi connectivity index (χ1n) is 12.0. The summed E-state index contributed by atoms with van der Waals surface area (Å²) < 4.78 is 0. The maximum absolute atomic E-state index is 5.65. The lowest BCUT2D eigenvalue weighted by Crippen LogP contribution is -2.49. The Labute approximate surface area is 191 Å². The molecule has 6 heteroatoms. The molecule has 31 heavy (non-hydrogen) atoms. The highest BCUT2D eigenvalue weighted by Gasteiger charge is 2.39. The van der Waals surface area contributed by atoms with Crippen LogP contribution >= 0.6 is 12.2 Å². The number of nitrogens with zero attached hydrogens (tertiary/aromatic N) is 2. The monoisotopic (exact) mass is 437 g/mol. The summed E-state index contributed by atoms with van der Waals surface area (Å²) in [4.78, 5) is 7.04. The van der Waals surface area contributed by atoms with Gasteiger partial charge in [-0.1, -0.05) is 24.6 Å². The zero-order valence-corrected chi connectivity index (χ0v) is 19.5. The zero-order valence-electron chi connectivity index (χ0n) is 18.7. The zero-order chi connectivity index (χ0) is 21.4. The van der Waals surface area contributed by atoms with Crippen molar-refractivity contribution < 1.29 is 0 Å². The number of pyridine rings is 1. The van der Waals surface area contributed by atoms with E-state index >= 15 is 0 Å². The molecule has 0 aliphatic heterocycles. The normalized spacial score (nSPS) is 29.7. The minimum absolute atomic E-state index is 0.467. The highest BCUT2D eigenvalue weighted by Crippen LogP contribution is 2.44. The molecule has 3 saturated carbocycles. The van der Waals surface area contributed by atoms with Gasteiger partial charge in [0.25, 0.3) is 0 Å². The quantitative estimate of drug-likeness (QED) is 0.591. The van der Waals surface area contributed by atoms with Gasteiger partial charge in [-0.25, -0.2) is 4.98 Å². The second-order valence-corrected chi connectivity index (χ2v) is 10.4. The third-order valence-electron chi connectivity index (χ3n) is 7.65. The molecule has 3 unspecified atom stereocenters. The van der Waals surface area contributed by atoms with Crippen molar-refractivity contribution in [3.05, 3.63) is 30.3 Å². The molecule has 5 rings (SSSR count). The summed E-state index contributed by atoms with van der Waals surface area (Å²) in [6.07, 6.45) is 10.1. The van der Waals surface area contributed by atoms with Crippen molar-refractivity contribution >= 4 is 39.7 Å². The van der Waals surface area contributed by atoms with Gasteiger partial charge in [-0.15, -0.1) is 0 Å². The Bertz CT molecular complexity index is 937. The van der Waals surface area contributed by atoms with Gasteiger partial charge in [0.1, 0.15) is 5.82 Å². The van der Waals surface area contributed by atoms with Crippen LogP contribution in [0.15, 0.2) is 30.3 Å². The summed E-state index contributed by atoms with van der Waals surface area (Å²) in [5.74, 6) is 2.78. The lowest BCUT2D eigenvalue weighted by Gasteiger charge is -2.32. The van der Waals surface area contributed by atoms with Crippen LogP contribution < -0.4 is 20.9 Å². The lowest BCUT2D eigenvalue weighted by molar-refractivity contribution is 0.369. The predicted octanol–water partition coefficient (Wildman–Crippen LogP) is 4.68. The van der Waals surface area contributed by atoms with Crippen molar-refractivity contribution in [3.8, 4) is 0 Å². The van der Waals surface area contributed by atoms with E-state index in [1.165, 1.54) is 36.8 Å². The van der Waals surface area contributed by atoms with Crippen LogP contribution in [0.2, 0.25) is 0 Å². The number of aromatic nitrogens is 1. The molecule has 5 nitrogen and oxygen atoms in total. The summed E-state index contributed by atoms with van der Waals surface area (Å²) in [6.45, 7) is 0. The van der Waals surface area contributed by atoms with Crippen LogP contribution in [-0.4, -0.2) is 42.3 Å². The molecule has 0 radical (unpaired) electrons. The molecule has 2 bridgehead atoms. The van der Waals surface area contributed by atoms with Gasteiger partial charge in [0.2, 0.25) is 0 Å². The second kappa shape index (κ2) is 8.81. The molecule has 2 aromatic rings. The van der Waals surface area contributed by atoms with Crippen molar-refractivity contribution in [1.29, 1.82) is 0 Å². The Kier molecular flexibility index (Phi) is 5.91. The molecular formula is C25H35N5S. The number of hydrogen-bond acceptors (Lipinski definition) is 4. The van der Waals surface area contributed by atoms with Crippen molar-refractivity contribution in [3.63, 3.8) is 0 Å². The Balaban J connectivity index is 1.14.